The van der Waals surface area contributed by atoms with Gasteiger partial charge in [-0.3, -0.25) is 14.9 Å². The van der Waals surface area contributed by atoms with Crippen molar-refractivity contribution in [3.63, 3.8) is 0 Å². The van der Waals surface area contributed by atoms with Gasteiger partial charge in [0.1, 0.15) is 6.33 Å². The van der Waals surface area contributed by atoms with Gasteiger partial charge in [0.15, 0.2) is 11.6 Å². The van der Waals surface area contributed by atoms with E-state index in [2.05, 4.69) is 20.3 Å². The molecular weight excluding hydrogens is 372 g/mol. The number of aryl methyl sites for hydroxylation is 1. The first-order valence-corrected chi connectivity index (χ1v) is 8.95. The topological polar surface area (TPSA) is 119 Å². The van der Waals surface area contributed by atoms with Crippen LogP contribution in [0.25, 0.3) is 11.4 Å². The Hall–Kier alpha value is -3.59. The van der Waals surface area contributed by atoms with Crippen molar-refractivity contribution in [3.8, 4) is 17.1 Å². The summed E-state index contributed by atoms with van der Waals surface area (Å²) in [6.45, 7) is 1.27. The smallest absolute Gasteiger partial charge is 0.409 e. The summed E-state index contributed by atoms with van der Waals surface area (Å²) < 4.78 is 7.08. The quantitative estimate of drug-likeness (QED) is 0.526. The van der Waals surface area contributed by atoms with Crippen molar-refractivity contribution in [3.05, 3.63) is 53.9 Å². The van der Waals surface area contributed by atoms with Gasteiger partial charge in [-0.25, -0.2) is 9.78 Å². The number of anilines is 2. The van der Waals surface area contributed by atoms with Crippen LogP contribution in [0, 0.1) is 0 Å². The number of hydrogen-bond acceptors (Lipinski definition) is 6. The lowest BCUT2D eigenvalue weighted by molar-refractivity contribution is 0.209. The number of hydrogen-bond donors (Lipinski definition) is 3. The van der Waals surface area contributed by atoms with Gasteiger partial charge >= 0.3 is 6.09 Å². The molecule has 3 aromatic rings. The molecule has 1 amide bonds. The minimum Gasteiger partial charge on any atom is -0.494 e. The van der Waals surface area contributed by atoms with Gasteiger partial charge in [0.05, 0.1) is 18.4 Å². The Morgan fingerprint density at radius 3 is 2.69 bits per heavy atom. The van der Waals surface area contributed by atoms with Crippen LogP contribution in [0.15, 0.2) is 42.7 Å². The molecule has 9 nitrogen and oxygen atoms in total. The van der Waals surface area contributed by atoms with Crippen molar-refractivity contribution in [2.24, 2.45) is 7.05 Å². The number of aromatic nitrogens is 3. The average Bonchev–Trinajstić information content (AvgIpc) is 3.07. The van der Waals surface area contributed by atoms with Crippen molar-refractivity contribution >= 4 is 17.5 Å². The molecule has 0 saturated heterocycles. The number of amides is 1. The summed E-state index contributed by atoms with van der Waals surface area (Å²) in [7, 11) is 5.36. The first-order valence-electron chi connectivity index (χ1n) is 8.95. The van der Waals surface area contributed by atoms with Gasteiger partial charge in [-0.1, -0.05) is 12.1 Å². The summed E-state index contributed by atoms with van der Waals surface area (Å²) in [4.78, 5) is 17.2. The van der Waals surface area contributed by atoms with Crippen molar-refractivity contribution in [2.75, 3.05) is 25.2 Å². The van der Waals surface area contributed by atoms with E-state index in [0.29, 0.717) is 36.0 Å². The Morgan fingerprint density at radius 2 is 2.03 bits per heavy atom. The minimum absolute atomic E-state index is 0.522. The predicted molar refractivity (Wildman–Crippen MR) is 111 cm³/mol. The molecule has 0 aliphatic rings. The molecule has 0 aliphatic carbocycles. The van der Waals surface area contributed by atoms with E-state index >= 15 is 0 Å². The van der Waals surface area contributed by atoms with E-state index < -0.39 is 6.09 Å². The molecule has 0 atom stereocenters. The largest absolute Gasteiger partial charge is 0.494 e. The zero-order valence-electron chi connectivity index (χ0n) is 16.6. The number of nitrogens with two attached hydrogens (primary N) is 1. The van der Waals surface area contributed by atoms with Gasteiger partial charge in [0.2, 0.25) is 0 Å². The third-order valence-corrected chi connectivity index (χ3v) is 4.31. The minimum atomic E-state index is -1.08. The van der Waals surface area contributed by atoms with Gasteiger partial charge < -0.3 is 15.6 Å². The fraction of sp³-hybridized carbons (Fsp3) is 0.250. The second kappa shape index (κ2) is 8.61. The zero-order valence-corrected chi connectivity index (χ0v) is 16.6. The lowest BCUT2D eigenvalue weighted by Crippen LogP contribution is -2.18. The number of ether oxygens (including phenoxy) is 1. The van der Waals surface area contributed by atoms with Crippen molar-refractivity contribution < 1.29 is 14.6 Å². The molecule has 0 unspecified atom stereocenters. The fourth-order valence-electron chi connectivity index (χ4n) is 3.21. The van der Waals surface area contributed by atoms with Crippen molar-refractivity contribution in [1.29, 1.82) is 0 Å². The molecule has 29 heavy (non-hydrogen) atoms. The van der Waals surface area contributed by atoms with E-state index in [1.165, 1.54) is 0 Å². The molecule has 1 heterocycles. The normalized spacial score (nSPS) is 10.9. The number of benzene rings is 2. The Labute approximate surface area is 168 Å². The fourth-order valence-corrected chi connectivity index (χ4v) is 3.21. The van der Waals surface area contributed by atoms with Crippen LogP contribution in [0.5, 0.6) is 5.75 Å². The second-order valence-electron chi connectivity index (χ2n) is 6.81. The van der Waals surface area contributed by atoms with Crippen molar-refractivity contribution in [1.82, 2.24) is 19.7 Å². The standard InChI is InChI=1S/C20H24N6O3/c1-25(10-13-5-4-6-15(7-13)23-20(27)28)11-14-8-16(18(29-3)17(21)9-14)19-22-12-26(2)24-19/h4-9,12,23H,10-11,21H2,1-3H3,(H,27,28). The maximum absolute atomic E-state index is 10.8. The molecule has 9 heteroatoms. The summed E-state index contributed by atoms with van der Waals surface area (Å²) in [5, 5.41) is 15.6. The summed E-state index contributed by atoms with van der Waals surface area (Å²) in [6, 6.07) is 11.2. The number of methoxy groups -OCH3 is 1. The van der Waals surface area contributed by atoms with E-state index in [-0.39, 0.29) is 0 Å². The molecule has 152 valence electrons. The van der Waals surface area contributed by atoms with Crippen LogP contribution in [-0.2, 0) is 20.1 Å². The van der Waals surface area contributed by atoms with Crippen LogP contribution in [-0.4, -0.2) is 45.0 Å². The van der Waals surface area contributed by atoms with E-state index in [9.17, 15) is 4.79 Å². The van der Waals surface area contributed by atoms with Crippen LogP contribution in [0.3, 0.4) is 0 Å². The molecular formula is C20H24N6O3. The highest BCUT2D eigenvalue weighted by atomic mass is 16.5. The van der Waals surface area contributed by atoms with E-state index in [0.717, 1.165) is 16.7 Å². The first-order chi connectivity index (χ1) is 13.9. The van der Waals surface area contributed by atoms with Crippen LogP contribution >= 0.6 is 0 Å². The predicted octanol–water partition coefficient (Wildman–Crippen LogP) is 2.79. The van der Waals surface area contributed by atoms with Crippen LogP contribution < -0.4 is 15.8 Å². The van der Waals surface area contributed by atoms with E-state index in [1.54, 1.807) is 31.2 Å². The SMILES string of the molecule is COc1c(N)cc(CN(C)Cc2cccc(NC(=O)O)c2)cc1-c1ncn(C)n1. The Balaban J connectivity index is 1.79. The van der Waals surface area contributed by atoms with Gasteiger partial charge in [-0.05, 0) is 42.4 Å². The lowest BCUT2D eigenvalue weighted by atomic mass is 10.1. The average molecular weight is 396 g/mol. The molecule has 4 N–H and O–H groups in total. The Bertz CT molecular complexity index is 1020. The number of nitrogen functional groups attached to an aromatic ring is 1. The molecule has 1 aromatic heterocycles. The highest BCUT2D eigenvalue weighted by Gasteiger charge is 2.16. The Morgan fingerprint density at radius 1 is 1.28 bits per heavy atom. The van der Waals surface area contributed by atoms with Gasteiger partial charge in [-0.2, -0.15) is 5.10 Å². The van der Waals surface area contributed by atoms with Gasteiger partial charge in [0, 0.05) is 25.8 Å². The zero-order chi connectivity index (χ0) is 21.0. The monoisotopic (exact) mass is 396 g/mol. The number of carbonyl (C=O) groups is 1. The molecule has 0 fully saturated rings. The second-order valence-corrected chi connectivity index (χ2v) is 6.81. The molecule has 0 aliphatic heterocycles. The van der Waals surface area contributed by atoms with Crippen LogP contribution in [0.4, 0.5) is 16.2 Å². The number of nitrogens with zero attached hydrogens (tertiary/aromatic N) is 4. The molecule has 2 aromatic carbocycles. The van der Waals surface area contributed by atoms with Crippen LogP contribution in [0.1, 0.15) is 11.1 Å². The highest BCUT2D eigenvalue weighted by molar-refractivity contribution is 5.82. The Kier molecular flexibility index (Phi) is 5.99. The van der Waals surface area contributed by atoms with Crippen LogP contribution in [0.2, 0.25) is 0 Å². The number of carboxylic acid groups (broad SMARTS) is 1. The van der Waals surface area contributed by atoms with Gasteiger partial charge in [-0.15, -0.1) is 0 Å². The lowest BCUT2D eigenvalue weighted by Gasteiger charge is -2.19. The molecule has 0 bridgehead atoms. The highest BCUT2D eigenvalue weighted by Crippen LogP contribution is 2.34. The molecule has 0 radical (unpaired) electrons. The third kappa shape index (κ3) is 5.02. The van der Waals surface area contributed by atoms with E-state index in [1.807, 2.05) is 37.4 Å². The number of nitrogens with one attached hydrogen (secondary N) is 1. The first kappa shape index (κ1) is 20.2. The summed E-state index contributed by atoms with van der Waals surface area (Å²) in [5.74, 6) is 1.10. The molecule has 3 rings (SSSR count). The summed E-state index contributed by atoms with van der Waals surface area (Å²) in [5.41, 5.74) is 9.99. The van der Waals surface area contributed by atoms with Gasteiger partial charge in [0.25, 0.3) is 0 Å². The molecule has 0 spiro atoms. The molecule has 0 saturated carbocycles. The number of rotatable bonds is 7. The summed E-state index contributed by atoms with van der Waals surface area (Å²) >= 11 is 0. The maximum Gasteiger partial charge on any atom is 0.409 e. The third-order valence-electron chi connectivity index (χ3n) is 4.31. The summed E-state index contributed by atoms with van der Waals surface area (Å²) in [6.07, 6.45) is 0.543. The maximum atomic E-state index is 10.8. The van der Waals surface area contributed by atoms with Crippen molar-refractivity contribution in [2.45, 2.75) is 13.1 Å². The van der Waals surface area contributed by atoms with E-state index in [4.69, 9.17) is 15.6 Å².